The maximum Gasteiger partial charge on any atom is 0.0243 e. The van der Waals surface area contributed by atoms with Gasteiger partial charge in [0.2, 0.25) is 0 Å². The molecule has 0 radical (unpaired) electrons. The maximum atomic E-state index is 3.47. The van der Waals surface area contributed by atoms with Crippen molar-refractivity contribution in [2.24, 2.45) is 0 Å². The highest BCUT2D eigenvalue weighted by Gasteiger charge is 2.20. The second-order valence-corrected chi connectivity index (χ2v) is 4.49. The van der Waals surface area contributed by atoms with E-state index in [1.807, 2.05) is 0 Å². The summed E-state index contributed by atoms with van der Waals surface area (Å²) in [4.78, 5) is 2.53. The van der Waals surface area contributed by atoms with Gasteiger partial charge in [0.15, 0.2) is 0 Å². The molecular weight excluding hydrogens is 184 g/mol. The van der Waals surface area contributed by atoms with E-state index in [9.17, 15) is 0 Å². The van der Waals surface area contributed by atoms with E-state index >= 15 is 0 Å². The largest absolute Gasteiger partial charge is 0.315 e. The Morgan fingerprint density at radius 3 is 2.20 bits per heavy atom. The van der Waals surface area contributed by atoms with Crippen molar-refractivity contribution < 1.29 is 0 Å². The Morgan fingerprint density at radius 2 is 1.80 bits per heavy atom. The molecule has 0 aliphatic carbocycles. The SMILES string of the molecule is CCCCN(C)C(CC)C(CCC)NC. The third-order valence-electron chi connectivity index (χ3n) is 3.28. The van der Waals surface area contributed by atoms with Gasteiger partial charge in [0.1, 0.15) is 0 Å². The van der Waals surface area contributed by atoms with Gasteiger partial charge in [-0.15, -0.1) is 0 Å². The Balaban J connectivity index is 4.15. The van der Waals surface area contributed by atoms with Crippen LogP contribution in [0.25, 0.3) is 0 Å². The average Bonchev–Trinajstić information content (AvgIpc) is 2.26. The molecule has 0 aromatic rings. The lowest BCUT2D eigenvalue weighted by Crippen LogP contribution is -2.47. The molecule has 0 fully saturated rings. The van der Waals surface area contributed by atoms with Crippen LogP contribution < -0.4 is 5.32 Å². The first-order chi connectivity index (χ1) is 7.21. The third-order valence-corrected chi connectivity index (χ3v) is 3.28. The molecule has 0 amide bonds. The zero-order valence-corrected chi connectivity index (χ0v) is 11.3. The van der Waals surface area contributed by atoms with Gasteiger partial charge in [0.05, 0.1) is 0 Å². The molecule has 0 aromatic carbocycles. The molecular formula is C13H30N2. The van der Waals surface area contributed by atoms with Crippen LogP contribution in [0.2, 0.25) is 0 Å². The van der Waals surface area contributed by atoms with E-state index in [2.05, 4.69) is 45.1 Å². The molecule has 0 aliphatic rings. The summed E-state index contributed by atoms with van der Waals surface area (Å²) in [6.07, 6.45) is 6.40. The molecule has 2 heteroatoms. The van der Waals surface area contributed by atoms with Crippen molar-refractivity contribution in [3.8, 4) is 0 Å². The molecule has 92 valence electrons. The van der Waals surface area contributed by atoms with Crippen molar-refractivity contribution >= 4 is 0 Å². The summed E-state index contributed by atoms with van der Waals surface area (Å²) < 4.78 is 0. The average molecular weight is 214 g/mol. The van der Waals surface area contributed by atoms with Crippen molar-refractivity contribution in [2.75, 3.05) is 20.6 Å². The predicted octanol–water partition coefficient (Wildman–Crippen LogP) is 2.89. The van der Waals surface area contributed by atoms with E-state index in [1.165, 1.54) is 38.6 Å². The Hall–Kier alpha value is -0.0800. The van der Waals surface area contributed by atoms with Gasteiger partial charge >= 0.3 is 0 Å². The van der Waals surface area contributed by atoms with Crippen LogP contribution in [0.1, 0.15) is 52.9 Å². The van der Waals surface area contributed by atoms with Gasteiger partial charge in [0.25, 0.3) is 0 Å². The van der Waals surface area contributed by atoms with E-state index in [0.717, 1.165) is 0 Å². The fourth-order valence-corrected chi connectivity index (χ4v) is 2.32. The normalized spacial score (nSPS) is 15.6. The highest BCUT2D eigenvalue weighted by molar-refractivity contribution is 4.80. The fourth-order valence-electron chi connectivity index (χ4n) is 2.32. The summed E-state index contributed by atoms with van der Waals surface area (Å²) >= 11 is 0. The van der Waals surface area contributed by atoms with Gasteiger partial charge in [-0.1, -0.05) is 33.6 Å². The zero-order chi connectivity index (χ0) is 11.7. The summed E-state index contributed by atoms with van der Waals surface area (Å²) in [6, 6.07) is 1.35. The maximum absolute atomic E-state index is 3.47. The van der Waals surface area contributed by atoms with Crippen molar-refractivity contribution in [2.45, 2.75) is 65.0 Å². The van der Waals surface area contributed by atoms with Crippen LogP contribution in [0, 0.1) is 0 Å². The summed E-state index contributed by atoms with van der Waals surface area (Å²) in [7, 11) is 4.36. The number of hydrogen-bond acceptors (Lipinski definition) is 2. The standard InChI is InChI=1S/C13H30N2/c1-6-9-11-15(5)13(8-3)12(14-4)10-7-2/h12-14H,6-11H2,1-5H3. The molecule has 15 heavy (non-hydrogen) atoms. The molecule has 0 spiro atoms. The van der Waals surface area contributed by atoms with Crippen LogP contribution in [0.15, 0.2) is 0 Å². The number of rotatable bonds is 9. The lowest BCUT2D eigenvalue weighted by atomic mass is 9.99. The third kappa shape index (κ3) is 5.53. The van der Waals surface area contributed by atoms with Gasteiger partial charge < -0.3 is 10.2 Å². The molecule has 2 nitrogen and oxygen atoms in total. The Morgan fingerprint density at radius 1 is 1.13 bits per heavy atom. The molecule has 1 N–H and O–H groups in total. The lowest BCUT2D eigenvalue weighted by molar-refractivity contribution is 0.181. The van der Waals surface area contributed by atoms with Crippen LogP contribution in [0.4, 0.5) is 0 Å². The molecule has 0 rings (SSSR count). The summed E-state index contributed by atoms with van der Waals surface area (Å²) in [6.45, 7) is 8.06. The topological polar surface area (TPSA) is 15.3 Å². The molecule has 0 bridgehead atoms. The first-order valence-corrected chi connectivity index (χ1v) is 6.58. The highest BCUT2D eigenvalue weighted by atomic mass is 15.2. The number of hydrogen-bond donors (Lipinski definition) is 1. The molecule has 0 heterocycles. The zero-order valence-electron chi connectivity index (χ0n) is 11.3. The first kappa shape index (κ1) is 14.9. The van der Waals surface area contributed by atoms with Gasteiger partial charge in [-0.2, -0.15) is 0 Å². The van der Waals surface area contributed by atoms with Crippen LogP contribution in [-0.4, -0.2) is 37.6 Å². The van der Waals surface area contributed by atoms with Crippen molar-refractivity contribution in [1.82, 2.24) is 10.2 Å². The number of nitrogens with one attached hydrogen (secondary N) is 1. The quantitative estimate of drug-likeness (QED) is 0.635. The Bertz CT molecular complexity index is 136. The van der Waals surface area contributed by atoms with Crippen molar-refractivity contribution in [1.29, 1.82) is 0 Å². The van der Waals surface area contributed by atoms with Crippen molar-refractivity contribution in [3.05, 3.63) is 0 Å². The number of likely N-dealkylation sites (N-methyl/N-ethyl adjacent to an activating group) is 2. The monoisotopic (exact) mass is 214 g/mol. The molecule has 0 saturated carbocycles. The lowest BCUT2D eigenvalue weighted by Gasteiger charge is -2.34. The summed E-state index contributed by atoms with van der Waals surface area (Å²) in [5, 5.41) is 3.47. The number of nitrogens with zero attached hydrogens (tertiary/aromatic N) is 1. The molecule has 0 saturated heterocycles. The van der Waals surface area contributed by atoms with E-state index in [1.54, 1.807) is 0 Å². The second-order valence-electron chi connectivity index (χ2n) is 4.49. The molecule has 2 unspecified atom stereocenters. The van der Waals surface area contributed by atoms with Crippen LogP contribution in [0.3, 0.4) is 0 Å². The van der Waals surface area contributed by atoms with Crippen LogP contribution in [0.5, 0.6) is 0 Å². The van der Waals surface area contributed by atoms with E-state index in [0.29, 0.717) is 12.1 Å². The highest BCUT2D eigenvalue weighted by Crippen LogP contribution is 2.12. The van der Waals surface area contributed by atoms with Crippen molar-refractivity contribution in [3.63, 3.8) is 0 Å². The van der Waals surface area contributed by atoms with Gasteiger partial charge in [-0.3, -0.25) is 0 Å². The van der Waals surface area contributed by atoms with Crippen LogP contribution in [-0.2, 0) is 0 Å². The minimum Gasteiger partial charge on any atom is -0.315 e. The second kappa shape index (κ2) is 9.17. The molecule has 0 aliphatic heterocycles. The van der Waals surface area contributed by atoms with E-state index in [-0.39, 0.29) is 0 Å². The van der Waals surface area contributed by atoms with Gasteiger partial charge in [-0.05, 0) is 39.9 Å². The van der Waals surface area contributed by atoms with Gasteiger partial charge in [0, 0.05) is 12.1 Å². The number of unbranched alkanes of at least 4 members (excludes halogenated alkanes) is 1. The fraction of sp³-hybridized carbons (Fsp3) is 1.00. The van der Waals surface area contributed by atoms with E-state index in [4.69, 9.17) is 0 Å². The van der Waals surface area contributed by atoms with E-state index < -0.39 is 0 Å². The predicted molar refractivity (Wildman–Crippen MR) is 69.4 cm³/mol. The van der Waals surface area contributed by atoms with Crippen LogP contribution >= 0.6 is 0 Å². The Labute approximate surface area is 96.4 Å². The minimum atomic E-state index is 0.654. The summed E-state index contributed by atoms with van der Waals surface area (Å²) in [5.41, 5.74) is 0. The Kier molecular flexibility index (Phi) is 9.12. The molecule has 2 atom stereocenters. The minimum absolute atomic E-state index is 0.654. The molecule has 0 aromatic heterocycles. The summed E-state index contributed by atoms with van der Waals surface area (Å²) in [5.74, 6) is 0. The smallest absolute Gasteiger partial charge is 0.0243 e. The van der Waals surface area contributed by atoms with Gasteiger partial charge in [-0.25, -0.2) is 0 Å². The first-order valence-electron chi connectivity index (χ1n) is 6.58.